The minimum atomic E-state index is -0.354. The molecule has 0 saturated carbocycles. The van der Waals surface area contributed by atoms with Gasteiger partial charge >= 0.3 is 6.09 Å². The van der Waals surface area contributed by atoms with E-state index in [-0.39, 0.29) is 17.7 Å². The number of rotatable bonds is 1. The molecule has 0 radical (unpaired) electrons. The molecular weight excluding hydrogens is 250 g/mol. The lowest BCUT2D eigenvalue weighted by molar-refractivity contribution is 0.0941. The van der Waals surface area contributed by atoms with Crippen LogP contribution in [-0.4, -0.2) is 11.6 Å². The summed E-state index contributed by atoms with van der Waals surface area (Å²) in [6.07, 6.45) is 0.222. The number of ether oxygens (including phenoxy) is 1. The number of carbonyl (C=O) groups is 1. The van der Waals surface area contributed by atoms with Crippen molar-refractivity contribution in [1.29, 1.82) is 0 Å². The summed E-state index contributed by atoms with van der Waals surface area (Å²) in [7, 11) is 0. The van der Waals surface area contributed by atoms with Crippen LogP contribution in [0.2, 0.25) is 0 Å². The minimum Gasteiger partial charge on any atom is -0.441 e. The molecule has 2 aromatic carbocycles. The third-order valence-corrected chi connectivity index (χ3v) is 3.50. The van der Waals surface area contributed by atoms with E-state index in [1.807, 2.05) is 32.9 Å². The fourth-order valence-electron chi connectivity index (χ4n) is 2.77. The van der Waals surface area contributed by atoms with E-state index >= 15 is 0 Å². The summed E-state index contributed by atoms with van der Waals surface area (Å²) < 4.78 is 5.61. The number of alkyl carbamates (subject to hydrolysis) is 1. The number of hydrogen-bond acceptors (Lipinski definition) is 2. The van der Waals surface area contributed by atoms with Crippen LogP contribution < -0.4 is 5.32 Å². The van der Waals surface area contributed by atoms with Gasteiger partial charge in [0.05, 0.1) is 0 Å². The molecule has 1 aliphatic carbocycles. The molecule has 0 heterocycles. The standard InChI is InChI=1S/C17H19NO2/c1-17(2,3)18-16(19)20-14-10-12-8-4-6-11-7-5-9-13(14)15(11)12/h4-9,14H,10H2,1-3H3,(H,18,19). The Labute approximate surface area is 118 Å². The molecule has 1 atom stereocenters. The summed E-state index contributed by atoms with van der Waals surface area (Å²) in [5.41, 5.74) is 2.09. The van der Waals surface area contributed by atoms with Gasteiger partial charge in [0.1, 0.15) is 6.10 Å². The van der Waals surface area contributed by atoms with E-state index in [0.717, 1.165) is 12.0 Å². The predicted octanol–water partition coefficient (Wildman–Crippen LogP) is 3.96. The first-order valence-corrected chi connectivity index (χ1v) is 6.93. The number of carbonyl (C=O) groups excluding carboxylic acids is 1. The summed E-state index contributed by atoms with van der Waals surface area (Å²) in [5.74, 6) is 0. The molecule has 0 fully saturated rings. The second-order valence-electron chi connectivity index (χ2n) is 6.34. The molecule has 0 saturated heterocycles. The first kappa shape index (κ1) is 13.0. The van der Waals surface area contributed by atoms with Crippen molar-refractivity contribution >= 4 is 16.9 Å². The summed E-state index contributed by atoms with van der Waals surface area (Å²) in [5, 5.41) is 5.29. The Hall–Kier alpha value is -2.03. The molecule has 0 aromatic heterocycles. The van der Waals surface area contributed by atoms with Crippen molar-refractivity contribution in [3.63, 3.8) is 0 Å². The maximum Gasteiger partial charge on any atom is 0.408 e. The topological polar surface area (TPSA) is 38.3 Å². The van der Waals surface area contributed by atoms with Crippen molar-refractivity contribution in [2.45, 2.75) is 38.8 Å². The zero-order chi connectivity index (χ0) is 14.3. The van der Waals surface area contributed by atoms with Crippen LogP contribution in [0.1, 0.15) is 38.0 Å². The van der Waals surface area contributed by atoms with Crippen LogP contribution in [0.5, 0.6) is 0 Å². The van der Waals surface area contributed by atoms with Gasteiger partial charge in [0, 0.05) is 17.5 Å². The van der Waals surface area contributed by atoms with Crippen LogP contribution >= 0.6 is 0 Å². The molecule has 1 aliphatic rings. The number of benzene rings is 2. The van der Waals surface area contributed by atoms with Gasteiger partial charge in [-0.2, -0.15) is 0 Å². The Morgan fingerprint density at radius 1 is 1.20 bits per heavy atom. The maximum absolute atomic E-state index is 12.0. The molecule has 1 amide bonds. The van der Waals surface area contributed by atoms with E-state index in [0.29, 0.717) is 0 Å². The van der Waals surface area contributed by atoms with Crippen LogP contribution in [0.15, 0.2) is 36.4 Å². The van der Waals surface area contributed by atoms with Gasteiger partial charge in [-0.25, -0.2) is 4.79 Å². The minimum absolute atomic E-state index is 0.182. The van der Waals surface area contributed by atoms with Crippen molar-refractivity contribution in [3.8, 4) is 0 Å². The van der Waals surface area contributed by atoms with Crippen molar-refractivity contribution in [2.75, 3.05) is 0 Å². The van der Waals surface area contributed by atoms with Gasteiger partial charge in [0.15, 0.2) is 0 Å². The van der Waals surface area contributed by atoms with E-state index in [2.05, 4.69) is 29.6 Å². The van der Waals surface area contributed by atoms with Crippen molar-refractivity contribution in [2.24, 2.45) is 0 Å². The lowest BCUT2D eigenvalue weighted by Gasteiger charge is -2.22. The fraction of sp³-hybridized carbons (Fsp3) is 0.353. The maximum atomic E-state index is 12.0. The third kappa shape index (κ3) is 2.36. The zero-order valence-electron chi connectivity index (χ0n) is 12.1. The molecule has 1 N–H and O–H groups in total. The molecule has 20 heavy (non-hydrogen) atoms. The van der Waals surface area contributed by atoms with E-state index in [4.69, 9.17) is 4.74 Å². The number of nitrogens with one attached hydrogen (secondary N) is 1. The van der Waals surface area contributed by atoms with Crippen LogP contribution in [0.4, 0.5) is 4.79 Å². The second-order valence-corrected chi connectivity index (χ2v) is 6.34. The number of amides is 1. The van der Waals surface area contributed by atoms with Crippen LogP contribution in [0.25, 0.3) is 10.8 Å². The second kappa shape index (κ2) is 4.51. The highest BCUT2D eigenvalue weighted by Crippen LogP contribution is 2.38. The first-order chi connectivity index (χ1) is 9.44. The third-order valence-electron chi connectivity index (χ3n) is 3.50. The van der Waals surface area contributed by atoms with Crippen LogP contribution in [-0.2, 0) is 11.2 Å². The Kier molecular flexibility index (Phi) is 2.93. The van der Waals surface area contributed by atoms with E-state index in [9.17, 15) is 4.79 Å². The summed E-state index contributed by atoms with van der Waals surface area (Å²) in [6.45, 7) is 5.83. The van der Waals surface area contributed by atoms with Gasteiger partial charge < -0.3 is 10.1 Å². The highest BCUT2D eigenvalue weighted by Gasteiger charge is 2.28. The number of hydrogen-bond donors (Lipinski definition) is 1. The Morgan fingerprint density at radius 3 is 2.60 bits per heavy atom. The summed E-state index contributed by atoms with van der Waals surface area (Å²) >= 11 is 0. The van der Waals surface area contributed by atoms with Gasteiger partial charge in [-0.05, 0) is 37.1 Å². The van der Waals surface area contributed by atoms with E-state index in [1.165, 1.54) is 16.3 Å². The average Bonchev–Trinajstić information content (AvgIpc) is 2.68. The summed E-state index contributed by atoms with van der Waals surface area (Å²) in [4.78, 5) is 12.0. The molecule has 0 aliphatic heterocycles. The van der Waals surface area contributed by atoms with Gasteiger partial charge in [-0.1, -0.05) is 36.4 Å². The molecule has 3 heteroatoms. The van der Waals surface area contributed by atoms with Crippen LogP contribution in [0, 0.1) is 0 Å². The molecular formula is C17H19NO2. The fourth-order valence-corrected chi connectivity index (χ4v) is 2.77. The first-order valence-electron chi connectivity index (χ1n) is 6.93. The molecule has 2 aromatic rings. The molecule has 1 unspecified atom stereocenters. The molecule has 0 spiro atoms. The van der Waals surface area contributed by atoms with Crippen molar-refractivity contribution < 1.29 is 9.53 Å². The highest BCUT2D eigenvalue weighted by atomic mass is 16.6. The van der Waals surface area contributed by atoms with E-state index in [1.54, 1.807) is 0 Å². The largest absolute Gasteiger partial charge is 0.441 e. The molecule has 104 valence electrons. The molecule has 3 rings (SSSR count). The predicted molar refractivity (Wildman–Crippen MR) is 79.8 cm³/mol. The summed E-state index contributed by atoms with van der Waals surface area (Å²) in [6, 6.07) is 12.4. The van der Waals surface area contributed by atoms with Crippen molar-refractivity contribution in [3.05, 3.63) is 47.5 Å². The quantitative estimate of drug-likeness (QED) is 0.851. The molecule has 0 bridgehead atoms. The normalized spacial score (nSPS) is 17.2. The highest BCUT2D eigenvalue weighted by molar-refractivity contribution is 5.91. The monoisotopic (exact) mass is 269 g/mol. The van der Waals surface area contributed by atoms with E-state index < -0.39 is 0 Å². The van der Waals surface area contributed by atoms with Gasteiger partial charge in [0.2, 0.25) is 0 Å². The van der Waals surface area contributed by atoms with Crippen molar-refractivity contribution in [1.82, 2.24) is 5.32 Å². The van der Waals surface area contributed by atoms with Gasteiger partial charge in [-0.15, -0.1) is 0 Å². The lowest BCUT2D eigenvalue weighted by Crippen LogP contribution is -2.41. The molecule has 3 nitrogen and oxygen atoms in total. The average molecular weight is 269 g/mol. The Bertz CT molecular complexity index is 665. The van der Waals surface area contributed by atoms with Gasteiger partial charge in [-0.3, -0.25) is 0 Å². The van der Waals surface area contributed by atoms with Gasteiger partial charge in [0.25, 0.3) is 0 Å². The smallest absolute Gasteiger partial charge is 0.408 e. The van der Waals surface area contributed by atoms with Crippen LogP contribution in [0.3, 0.4) is 0 Å². The SMILES string of the molecule is CC(C)(C)NC(=O)OC1Cc2cccc3cccc1c23. The lowest BCUT2D eigenvalue weighted by atomic mass is 10.1. The zero-order valence-corrected chi connectivity index (χ0v) is 12.1. The Morgan fingerprint density at radius 2 is 1.90 bits per heavy atom. The Balaban J connectivity index is 1.86.